The number of rotatable bonds is 9. The van der Waals surface area contributed by atoms with Crippen molar-refractivity contribution >= 4 is 29.9 Å². The summed E-state index contributed by atoms with van der Waals surface area (Å²) in [6.45, 7) is 9.11. The van der Waals surface area contributed by atoms with Gasteiger partial charge in [0, 0.05) is 63.6 Å². The first kappa shape index (κ1) is 32.6. The number of carbonyl (C=O) groups excluding carboxylic acids is 2. The second kappa shape index (κ2) is 14.6. The molecule has 240 valence electrons. The van der Waals surface area contributed by atoms with E-state index in [4.69, 9.17) is 4.74 Å². The summed E-state index contributed by atoms with van der Waals surface area (Å²) in [4.78, 5) is 33.6. The average molecular weight is 623 g/mol. The summed E-state index contributed by atoms with van der Waals surface area (Å²) in [6.07, 6.45) is 10.8. The molecule has 2 aliphatic carbocycles. The Kier molecular flexibility index (Phi) is 10.8. The summed E-state index contributed by atoms with van der Waals surface area (Å²) in [7, 11) is 0. The second-order valence-corrected chi connectivity index (χ2v) is 13.7. The number of hydrogen-bond acceptors (Lipinski definition) is 5. The van der Waals surface area contributed by atoms with E-state index in [0.29, 0.717) is 43.3 Å². The van der Waals surface area contributed by atoms with Crippen LogP contribution in [0.5, 0.6) is 5.75 Å². The number of piperazine rings is 1. The standard InChI is InChI=1S/C36H50N4O3.ClH/c1-36(2,35(42)38-22-19-37-20-23-38)43-33-12-6-11-32(24-33)39-21-7-10-30(26-39)34(41)40(31-17-18-31)25-27-13-15-29(16-14-27)28-8-4-3-5-9-28;/h6,11-16,24,28,30-31,37H,3-5,7-10,17-23,25-26H2,1-2H3;1H. The van der Waals surface area contributed by atoms with E-state index in [2.05, 4.69) is 45.4 Å². The van der Waals surface area contributed by atoms with Gasteiger partial charge >= 0.3 is 0 Å². The fourth-order valence-corrected chi connectivity index (χ4v) is 7.28. The Balaban J connectivity index is 0.00000384. The summed E-state index contributed by atoms with van der Waals surface area (Å²) in [5.41, 5.74) is 2.82. The Labute approximate surface area is 270 Å². The first-order chi connectivity index (χ1) is 20.9. The lowest BCUT2D eigenvalue weighted by Crippen LogP contribution is -2.54. The maximum absolute atomic E-state index is 14.0. The number of halogens is 1. The molecule has 2 aromatic carbocycles. The number of nitrogens with zero attached hydrogens (tertiary/aromatic N) is 3. The maximum Gasteiger partial charge on any atom is 0.266 e. The predicted octanol–water partition coefficient (Wildman–Crippen LogP) is 6.15. The molecule has 8 heteroatoms. The van der Waals surface area contributed by atoms with Crippen molar-refractivity contribution in [2.75, 3.05) is 44.2 Å². The first-order valence-electron chi connectivity index (χ1n) is 16.8. The van der Waals surface area contributed by atoms with Crippen molar-refractivity contribution in [3.8, 4) is 5.75 Å². The van der Waals surface area contributed by atoms with E-state index in [1.807, 2.05) is 36.9 Å². The summed E-state index contributed by atoms with van der Waals surface area (Å²) in [5, 5.41) is 3.30. The third-order valence-electron chi connectivity index (χ3n) is 9.93. The minimum Gasteiger partial charge on any atom is -0.478 e. The number of anilines is 1. The molecule has 0 aromatic heterocycles. The van der Waals surface area contributed by atoms with Crippen LogP contribution in [0.3, 0.4) is 0 Å². The Bertz CT molecular complexity index is 1250. The molecule has 1 atom stereocenters. The fourth-order valence-electron chi connectivity index (χ4n) is 7.28. The van der Waals surface area contributed by atoms with E-state index in [1.165, 1.54) is 43.2 Å². The largest absolute Gasteiger partial charge is 0.478 e. The summed E-state index contributed by atoms with van der Waals surface area (Å²) in [5.74, 6) is 1.72. The van der Waals surface area contributed by atoms with Gasteiger partial charge in [-0.3, -0.25) is 9.59 Å². The van der Waals surface area contributed by atoms with Gasteiger partial charge in [-0.15, -0.1) is 12.4 Å². The molecule has 4 fully saturated rings. The SMILES string of the molecule is CC(C)(Oc1cccc(N2CCCC(C(=O)N(Cc3ccc(C4CCCCC4)cc3)C3CC3)C2)c1)C(=O)N1CCNCC1.Cl. The maximum atomic E-state index is 14.0. The quantitative estimate of drug-likeness (QED) is 0.363. The molecule has 44 heavy (non-hydrogen) atoms. The number of ether oxygens (including phenoxy) is 1. The van der Waals surface area contributed by atoms with Gasteiger partial charge < -0.3 is 24.8 Å². The van der Waals surface area contributed by atoms with E-state index < -0.39 is 5.60 Å². The highest BCUT2D eigenvalue weighted by Gasteiger charge is 2.38. The average Bonchev–Trinajstić information content (AvgIpc) is 3.90. The third-order valence-corrected chi connectivity index (χ3v) is 9.93. The molecular weight excluding hydrogens is 572 g/mol. The van der Waals surface area contributed by atoms with Crippen molar-refractivity contribution < 1.29 is 14.3 Å². The fraction of sp³-hybridized carbons (Fsp3) is 0.611. The van der Waals surface area contributed by atoms with Crippen LogP contribution in [-0.4, -0.2) is 72.5 Å². The molecule has 1 unspecified atom stereocenters. The molecular formula is C36H51ClN4O3. The second-order valence-electron chi connectivity index (χ2n) is 13.7. The van der Waals surface area contributed by atoms with Gasteiger partial charge in [-0.05, 0) is 81.5 Å². The van der Waals surface area contributed by atoms with Gasteiger partial charge in [-0.25, -0.2) is 0 Å². The predicted molar refractivity (Wildman–Crippen MR) is 179 cm³/mol. The highest BCUT2D eigenvalue weighted by atomic mass is 35.5. The first-order valence-corrected chi connectivity index (χ1v) is 16.8. The monoisotopic (exact) mass is 622 g/mol. The molecule has 7 nitrogen and oxygen atoms in total. The molecule has 2 heterocycles. The van der Waals surface area contributed by atoms with Gasteiger partial charge in [-0.1, -0.05) is 49.6 Å². The molecule has 1 N–H and O–H groups in total. The van der Waals surface area contributed by atoms with Crippen molar-refractivity contribution in [3.05, 3.63) is 59.7 Å². The van der Waals surface area contributed by atoms with E-state index >= 15 is 0 Å². The zero-order valence-corrected chi connectivity index (χ0v) is 27.5. The normalized spacial score (nSPS) is 21.4. The Morgan fingerprint density at radius 2 is 1.64 bits per heavy atom. The van der Waals surface area contributed by atoms with E-state index in [-0.39, 0.29) is 24.2 Å². The molecule has 2 aliphatic heterocycles. The smallest absolute Gasteiger partial charge is 0.266 e. The van der Waals surface area contributed by atoms with Crippen molar-refractivity contribution in [2.24, 2.45) is 5.92 Å². The van der Waals surface area contributed by atoms with Gasteiger partial charge in [0.2, 0.25) is 5.91 Å². The highest BCUT2D eigenvalue weighted by molar-refractivity contribution is 5.85. The van der Waals surface area contributed by atoms with Crippen molar-refractivity contribution in [1.29, 1.82) is 0 Å². The molecule has 0 spiro atoms. The van der Waals surface area contributed by atoms with Crippen LogP contribution >= 0.6 is 12.4 Å². The molecule has 2 saturated heterocycles. The molecule has 0 radical (unpaired) electrons. The lowest BCUT2D eigenvalue weighted by atomic mass is 9.84. The number of piperidine rings is 1. The van der Waals surface area contributed by atoms with E-state index in [1.54, 1.807) is 0 Å². The third kappa shape index (κ3) is 7.89. The van der Waals surface area contributed by atoms with Crippen LogP contribution in [0.15, 0.2) is 48.5 Å². The number of carbonyl (C=O) groups is 2. The Morgan fingerprint density at radius 1 is 0.909 bits per heavy atom. The Morgan fingerprint density at radius 3 is 2.34 bits per heavy atom. The van der Waals surface area contributed by atoms with Gasteiger partial charge in [0.15, 0.2) is 5.60 Å². The summed E-state index contributed by atoms with van der Waals surface area (Å²) >= 11 is 0. The number of hydrogen-bond donors (Lipinski definition) is 1. The molecule has 2 saturated carbocycles. The van der Waals surface area contributed by atoms with Gasteiger partial charge in [0.05, 0.1) is 5.92 Å². The van der Waals surface area contributed by atoms with Crippen LogP contribution in [0.1, 0.15) is 88.7 Å². The minimum absolute atomic E-state index is 0. The highest BCUT2D eigenvalue weighted by Crippen LogP contribution is 2.35. The van der Waals surface area contributed by atoms with Gasteiger partial charge in [-0.2, -0.15) is 0 Å². The van der Waals surface area contributed by atoms with Crippen LogP contribution in [0.2, 0.25) is 0 Å². The lowest BCUT2D eigenvalue weighted by molar-refractivity contribution is -0.146. The zero-order valence-electron chi connectivity index (χ0n) is 26.6. The lowest BCUT2D eigenvalue weighted by Gasteiger charge is -2.37. The van der Waals surface area contributed by atoms with Crippen molar-refractivity contribution in [2.45, 2.75) is 95.7 Å². The van der Waals surface area contributed by atoms with Crippen LogP contribution < -0.4 is 15.0 Å². The molecule has 6 rings (SSSR count). The number of benzene rings is 2. The molecule has 2 aromatic rings. The van der Waals surface area contributed by atoms with Crippen molar-refractivity contribution in [3.63, 3.8) is 0 Å². The minimum atomic E-state index is -0.949. The molecule has 0 bridgehead atoms. The van der Waals surface area contributed by atoms with Crippen LogP contribution in [-0.2, 0) is 16.1 Å². The topological polar surface area (TPSA) is 65.1 Å². The Hall–Kier alpha value is -2.77. The number of nitrogens with one attached hydrogen (secondary N) is 1. The van der Waals surface area contributed by atoms with Crippen LogP contribution in [0.25, 0.3) is 0 Å². The summed E-state index contributed by atoms with van der Waals surface area (Å²) < 4.78 is 6.30. The summed E-state index contributed by atoms with van der Waals surface area (Å²) in [6, 6.07) is 17.6. The van der Waals surface area contributed by atoms with Gasteiger partial charge in [0.1, 0.15) is 5.75 Å². The van der Waals surface area contributed by atoms with E-state index in [0.717, 1.165) is 57.5 Å². The van der Waals surface area contributed by atoms with E-state index in [9.17, 15) is 9.59 Å². The van der Waals surface area contributed by atoms with Crippen molar-refractivity contribution in [1.82, 2.24) is 15.1 Å². The van der Waals surface area contributed by atoms with Gasteiger partial charge in [0.25, 0.3) is 5.91 Å². The molecule has 2 amide bonds. The zero-order chi connectivity index (χ0) is 29.8. The molecule has 4 aliphatic rings. The number of amides is 2. The van der Waals surface area contributed by atoms with Crippen LogP contribution in [0, 0.1) is 5.92 Å². The van der Waals surface area contributed by atoms with Crippen LogP contribution in [0.4, 0.5) is 5.69 Å².